The second-order valence-corrected chi connectivity index (χ2v) is 4.76. The molecule has 1 amide bonds. The first-order valence-electron chi connectivity index (χ1n) is 5.58. The van der Waals surface area contributed by atoms with Gasteiger partial charge >= 0.3 is 5.91 Å². The van der Waals surface area contributed by atoms with E-state index in [1.54, 1.807) is 24.9 Å². The van der Waals surface area contributed by atoms with Gasteiger partial charge in [0.1, 0.15) is 5.75 Å². The van der Waals surface area contributed by atoms with Crippen LogP contribution < -0.4 is 16.0 Å². The molecule has 0 radical (unpaired) electrons. The van der Waals surface area contributed by atoms with E-state index >= 15 is 0 Å². The molecule has 1 aromatic carbocycles. The molecule has 0 spiro atoms. The van der Waals surface area contributed by atoms with Gasteiger partial charge in [0.25, 0.3) is 0 Å². The van der Waals surface area contributed by atoms with Gasteiger partial charge in [-0.3, -0.25) is 10.2 Å². The van der Waals surface area contributed by atoms with E-state index in [4.69, 9.17) is 15.0 Å². The Balaban J connectivity index is 2.02. The zero-order valence-electron chi connectivity index (χ0n) is 10.4. The number of thioether (sulfide) groups is 1. The van der Waals surface area contributed by atoms with E-state index in [2.05, 4.69) is 5.43 Å². The van der Waals surface area contributed by atoms with Crippen molar-refractivity contribution < 1.29 is 13.9 Å². The van der Waals surface area contributed by atoms with Crippen molar-refractivity contribution in [2.75, 3.05) is 7.11 Å². The average molecular weight is 278 g/mol. The molecule has 1 heterocycles. The van der Waals surface area contributed by atoms with Crippen molar-refractivity contribution in [3.8, 4) is 5.75 Å². The molecular weight excluding hydrogens is 264 g/mol. The second kappa shape index (κ2) is 6.31. The summed E-state index contributed by atoms with van der Waals surface area (Å²) in [5.41, 5.74) is 2.87. The molecule has 2 rings (SSSR count). The van der Waals surface area contributed by atoms with Crippen molar-refractivity contribution in [1.82, 2.24) is 5.43 Å². The topological polar surface area (TPSA) is 77.5 Å². The number of carbonyl (C=O) groups is 1. The summed E-state index contributed by atoms with van der Waals surface area (Å²) in [7, 11) is 1.63. The maximum atomic E-state index is 11.4. The van der Waals surface area contributed by atoms with Gasteiger partial charge in [-0.2, -0.15) is 0 Å². The van der Waals surface area contributed by atoms with Crippen LogP contribution in [0.1, 0.15) is 16.1 Å². The average Bonchev–Trinajstić information content (AvgIpc) is 2.93. The van der Waals surface area contributed by atoms with Gasteiger partial charge in [0.15, 0.2) is 5.76 Å². The molecule has 3 N–H and O–H groups in total. The minimum atomic E-state index is -0.421. The Morgan fingerprint density at radius 1 is 1.37 bits per heavy atom. The number of nitrogens with one attached hydrogen (secondary N) is 1. The lowest BCUT2D eigenvalue weighted by atomic mass is 10.3. The highest BCUT2D eigenvalue weighted by molar-refractivity contribution is 7.98. The predicted molar refractivity (Wildman–Crippen MR) is 72.9 cm³/mol. The van der Waals surface area contributed by atoms with Gasteiger partial charge in [-0.15, -0.1) is 11.8 Å². The van der Waals surface area contributed by atoms with Crippen LogP contribution in [-0.2, 0) is 5.75 Å². The molecule has 0 saturated heterocycles. The van der Waals surface area contributed by atoms with Crippen LogP contribution in [0, 0.1) is 0 Å². The zero-order valence-corrected chi connectivity index (χ0v) is 11.2. The van der Waals surface area contributed by atoms with Crippen molar-refractivity contribution in [3.05, 3.63) is 47.9 Å². The number of hydrazine groups is 1. The lowest BCUT2D eigenvalue weighted by molar-refractivity contribution is 0.0925. The Bertz CT molecular complexity index is 551. The van der Waals surface area contributed by atoms with E-state index in [1.165, 1.54) is 6.26 Å². The van der Waals surface area contributed by atoms with E-state index in [-0.39, 0.29) is 5.76 Å². The number of carbonyl (C=O) groups excluding carboxylic acids is 1. The molecule has 5 nitrogen and oxygen atoms in total. The first-order valence-corrected chi connectivity index (χ1v) is 6.57. The van der Waals surface area contributed by atoms with Crippen molar-refractivity contribution in [1.29, 1.82) is 0 Å². The minimum Gasteiger partial charge on any atom is -0.497 e. The zero-order chi connectivity index (χ0) is 13.7. The number of nitrogen functional groups attached to an aromatic ring is 1. The largest absolute Gasteiger partial charge is 0.497 e. The van der Waals surface area contributed by atoms with E-state index in [0.29, 0.717) is 5.75 Å². The standard InChI is InChI=1S/C13H14N2O3S/c1-17-10-2-4-11(5-3-10)19-8-9-6-7-18-12(9)13(16)15-14/h2-7H,8,14H2,1H3,(H,15,16). The van der Waals surface area contributed by atoms with Gasteiger partial charge in [-0.05, 0) is 30.3 Å². The van der Waals surface area contributed by atoms with Gasteiger partial charge in [0.05, 0.1) is 13.4 Å². The van der Waals surface area contributed by atoms with Crippen LogP contribution in [0.3, 0.4) is 0 Å². The molecule has 1 aromatic heterocycles. The number of benzene rings is 1. The van der Waals surface area contributed by atoms with Crippen LogP contribution in [0.25, 0.3) is 0 Å². The number of rotatable bonds is 5. The second-order valence-electron chi connectivity index (χ2n) is 3.71. The quantitative estimate of drug-likeness (QED) is 0.379. The fraction of sp³-hybridized carbons (Fsp3) is 0.154. The number of methoxy groups -OCH3 is 1. The Kier molecular flexibility index (Phi) is 4.48. The summed E-state index contributed by atoms with van der Waals surface area (Å²) in [6, 6.07) is 9.48. The number of hydrogen-bond acceptors (Lipinski definition) is 5. The third kappa shape index (κ3) is 3.30. The van der Waals surface area contributed by atoms with Crippen molar-refractivity contribution in [2.24, 2.45) is 5.84 Å². The first-order chi connectivity index (χ1) is 9.24. The number of nitrogens with two attached hydrogens (primary N) is 1. The highest BCUT2D eigenvalue weighted by atomic mass is 32.2. The van der Waals surface area contributed by atoms with E-state index in [1.807, 2.05) is 24.3 Å². The van der Waals surface area contributed by atoms with Crippen LogP contribution >= 0.6 is 11.8 Å². The maximum absolute atomic E-state index is 11.4. The number of furan rings is 1. The molecule has 0 atom stereocenters. The van der Waals surface area contributed by atoms with Gasteiger partial charge in [0, 0.05) is 16.2 Å². The number of hydrogen-bond donors (Lipinski definition) is 2. The summed E-state index contributed by atoms with van der Waals surface area (Å²) in [6.45, 7) is 0. The Morgan fingerprint density at radius 3 is 2.74 bits per heavy atom. The Labute approximate surface area is 115 Å². The normalized spacial score (nSPS) is 10.2. The number of ether oxygens (including phenoxy) is 1. The lowest BCUT2D eigenvalue weighted by Crippen LogP contribution is -2.30. The van der Waals surface area contributed by atoms with Crippen LogP contribution in [-0.4, -0.2) is 13.0 Å². The fourth-order valence-corrected chi connectivity index (χ4v) is 2.43. The van der Waals surface area contributed by atoms with Gasteiger partial charge in [0.2, 0.25) is 0 Å². The minimum absolute atomic E-state index is 0.253. The third-order valence-corrected chi connectivity index (χ3v) is 3.60. The van der Waals surface area contributed by atoms with E-state index in [9.17, 15) is 4.79 Å². The van der Waals surface area contributed by atoms with Crippen molar-refractivity contribution in [3.63, 3.8) is 0 Å². The number of amides is 1. The third-order valence-electron chi connectivity index (χ3n) is 2.54. The summed E-state index contributed by atoms with van der Waals surface area (Å²) in [4.78, 5) is 12.5. The molecule has 2 aromatic rings. The van der Waals surface area contributed by atoms with Crippen molar-refractivity contribution >= 4 is 17.7 Å². The van der Waals surface area contributed by atoms with Crippen LogP contribution in [0.15, 0.2) is 45.9 Å². The smallest absolute Gasteiger partial charge is 0.301 e. The summed E-state index contributed by atoms with van der Waals surface area (Å²) in [5.74, 6) is 6.37. The summed E-state index contributed by atoms with van der Waals surface area (Å²) in [6.07, 6.45) is 1.48. The molecule has 100 valence electrons. The van der Waals surface area contributed by atoms with Gasteiger partial charge in [-0.1, -0.05) is 0 Å². The van der Waals surface area contributed by atoms with Crippen molar-refractivity contribution in [2.45, 2.75) is 10.6 Å². The molecule has 0 aliphatic carbocycles. The molecule has 6 heteroatoms. The molecule has 0 unspecified atom stereocenters. The predicted octanol–water partition coefficient (Wildman–Crippen LogP) is 2.18. The highest BCUT2D eigenvalue weighted by Crippen LogP contribution is 2.26. The van der Waals surface area contributed by atoms with Crippen LogP contribution in [0.4, 0.5) is 0 Å². The van der Waals surface area contributed by atoms with Gasteiger partial charge < -0.3 is 9.15 Å². The van der Waals surface area contributed by atoms with Gasteiger partial charge in [-0.25, -0.2) is 5.84 Å². The van der Waals surface area contributed by atoms with E-state index < -0.39 is 5.91 Å². The molecule has 0 bridgehead atoms. The van der Waals surface area contributed by atoms with E-state index in [0.717, 1.165) is 16.2 Å². The SMILES string of the molecule is COc1ccc(SCc2ccoc2C(=O)NN)cc1. The summed E-state index contributed by atoms with van der Waals surface area (Å²) in [5, 5.41) is 0. The molecule has 0 saturated carbocycles. The Hall–Kier alpha value is -1.92. The summed E-state index contributed by atoms with van der Waals surface area (Å²) >= 11 is 1.60. The maximum Gasteiger partial charge on any atom is 0.301 e. The molecule has 19 heavy (non-hydrogen) atoms. The highest BCUT2D eigenvalue weighted by Gasteiger charge is 2.14. The molecular formula is C13H14N2O3S. The fourth-order valence-electron chi connectivity index (χ4n) is 1.55. The molecule has 0 aliphatic heterocycles. The summed E-state index contributed by atoms with van der Waals surface area (Å²) < 4.78 is 10.2. The van der Waals surface area contributed by atoms with Crippen LogP contribution in [0.5, 0.6) is 5.75 Å². The lowest BCUT2D eigenvalue weighted by Gasteiger charge is -2.03. The first kappa shape index (κ1) is 13.5. The Morgan fingerprint density at radius 2 is 2.11 bits per heavy atom. The monoisotopic (exact) mass is 278 g/mol. The molecule has 0 fully saturated rings. The molecule has 0 aliphatic rings. The van der Waals surface area contributed by atoms with Crippen LogP contribution in [0.2, 0.25) is 0 Å².